The maximum absolute atomic E-state index is 5.39. The van der Waals surface area contributed by atoms with Gasteiger partial charge in [0.1, 0.15) is 0 Å². The second-order valence-corrected chi connectivity index (χ2v) is 3.68. The normalized spacial score (nSPS) is 32.9. The average Bonchev–Trinajstić information content (AvgIpc) is 2.04. The van der Waals surface area contributed by atoms with Crippen molar-refractivity contribution in [1.82, 2.24) is 0 Å². The van der Waals surface area contributed by atoms with E-state index in [-0.39, 0.29) is 0 Å². The van der Waals surface area contributed by atoms with Gasteiger partial charge in [-0.25, -0.2) is 0 Å². The maximum Gasteiger partial charge on any atom is 0.0106 e. The molecule has 1 aliphatic carbocycles. The summed E-state index contributed by atoms with van der Waals surface area (Å²) in [6.45, 7) is 3.05. The van der Waals surface area contributed by atoms with Crippen LogP contribution in [-0.4, -0.2) is 6.54 Å². The predicted molar refractivity (Wildman–Crippen MR) is 49.3 cm³/mol. The van der Waals surface area contributed by atoms with E-state index < -0.39 is 0 Å². The quantitative estimate of drug-likeness (QED) is 0.605. The third-order valence-electron chi connectivity index (χ3n) is 2.60. The van der Waals surface area contributed by atoms with Crippen molar-refractivity contribution in [3.05, 3.63) is 12.2 Å². The largest absolute Gasteiger partial charge is 0.327 e. The monoisotopic (exact) mass is 153 g/mol. The lowest BCUT2D eigenvalue weighted by Gasteiger charge is -2.23. The molecule has 1 fully saturated rings. The number of rotatable bonds is 2. The highest BCUT2D eigenvalue weighted by Crippen LogP contribution is 2.28. The van der Waals surface area contributed by atoms with Gasteiger partial charge in [0.15, 0.2) is 0 Å². The van der Waals surface area contributed by atoms with Crippen molar-refractivity contribution in [1.29, 1.82) is 0 Å². The fourth-order valence-corrected chi connectivity index (χ4v) is 1.75. The molecule has 11 heavy (non-hydrogen) atoms. The molecule has 1 rings (SSSR count). The van der Waals surface area contributed by atoms with Crippen LogP contribution in [0.15, 0.2) is 12.2 Å². The molecule has 0 aromatic heterocycles. The van der Waals surface area contributed by atoms with Crippen molar-refractivity contribution in [3.8, 4) is 0 Å². The van der Waals surface area contributed by atoms with Gasteiger partial charge in [-0.05, 0) is 24.7 Å². The van der Waals surface area contributed by atoms with Gasteiger partial charge in [-0.3, -0.25) is 0 Å². The number of allylic oxidation sites excluding steroid dienone is 1. The van der Waals surface area contributed by atoms with Crippen molar-refractivity contribution in [2.75, 3.05) is 6.54 Å². The molecular formula is C10H19N. The zero-order chi connectivity index (χ0) is 8.10. The highest BCUT2D eigenvalue weighted by atomic mass is 14.5. The van der Waals surface area contributed by atoms with E-state index in [1.807, 2.05) is 0 Å². The van der Waals surface area contributed by atoms with Crippen molar-refractivity contribution < 1.29 is 0 Å². The van der Waals surface area contributed by atoms with Crippen LogP contribution in [-0.2, 0) is 0 Å². The number of hydrogen-bond acceptors (Lipinski definition) is 1. The summed E-state index contributed by atoms with van der Waals surface area (Å²) in [5, 5.41) is 0. The molecule has 1 heteroatoms. The van der Waals surface area contributed by atoms with Gasteiger partial charge in [-0.15, -0.1) is 0 Å². The van der Waals surface area contributed by atoms with Crippen LogP contribution in [0.2, 0.25) is 0 Å². The van der Waals surface area contributed by atoms with Crippen molar-refractivity contribution in [2.45, 2.75) is 32.6 Å². The molecule has 0 aliphatic heterocycles. The Bertz CT molecular complexity index is 121. The van der Waals surface area contributed by atoms with Crippen LogP contribution in [0, 0.1) is 11.8 Å². The summed E-state index contributed by atoms with van der Waals surface area (Å²) < 4.78 is 0. The summed E-state index contributed by atoms with van der Waals surface area (Å²) in [5.74, 6) is 1.78. The highest BCUT2D eigenvalue weighted by molar-refractivity contribution is 4.91. The molecule has 0 atom stereocenters. The molecule has 1 aliphatic rings. The first-order valence-corrected chi connectivity index (χ1v) is 4.69. The third-order valence-corrected chi connectivity index (χ3v) is 2.60. The first kappa shape index (κ1) is 8.79. The van der Waals surface area contributed by atoms with Gasteiger partial charge in [-0.1, -0.05) is 31.9 Å². The molecule has 1 nitrogen and oxygen atoms in total. The van der Waals surface area contributed by atoms with E-state index in [2.05, 4.69) is 19.1 Å². The van der Waals surface area contributed by atoms with Gasteiger partial charge in [0.2, 0.25) is 0 Å². The topological polar surface area (TPSA) is 26.0 Å². The van der Waals surface area contributed by atoms with E-state index in [9.17, 15) is 0 Å². The second-order valence-electron chi connectivity index (χ2n) is 3.68. The molecule has 0 unspecified atom stereocenters. The SMILES string of the molecule is CC1CCC(C=CCN)CC1. The predicted octanol–water partition coefficient (Wildman–Crippen LogP) is 2.33. The molecule has 0 spiro atoms. The molecule has 64 valence electrons. The molecule has 0 saturated heterocycles. The van der Waals surface area contributed by atoms with Crippen LogP contribution in [0.5, 0.6) is 0 Å². The molecule has 0 amide bonds. The Labute approximate surface area is 69.7 Å². The lowest BCUT2D eigenvalue weighted by molar-refractivity contribution is 0.330. The molecule has 2 N–H and O–H groups in total. The van der Waals surface area contributed by atoms with Crippen LogP contribution < -0.4 is 5.73 Å². The highest BCUT2D eigenvalue weighted by Gasteiger charge is 2.14. The Balaban J connectivity index is 2.22. The van der Waals surface area contributed by atoms with Crippen molar-refractivity contribution in [2.24, 2.45) is 17.6 Å². The minimum atomic E-state index is 0.700. The standard InChI is InChI=1S/C10H19N/c1-9-4-6-10(7-5-9)3-2-8-11/h2-3,9-10H,4-8,11H2,1H3. The molecular weight excluding hydrogens is 134 g/mol. The fraction of sp³-hybridized carbons (Fsp3) is 0.800. The zero-order valence-corrected chi connectivity index (χ0v) is 7.42. The molecule has 0 heterocycles. The van der Waals surface area contributed by atoms with E-state index in [4.69, 9.17) is 5.73 Å². The van der Waals surface area contributed by atoms with E-state index >= 15 is 0 Å². The van der Waals surface area contributed by atoms with Crippen LogP contribution in [0.25, 0.3) is 0 Å². The summed E-state index contributed by atoms with van der Waals surface area (Å²) >= 11 is 0. The van der Waals surface area contributed by atoms with Gasteiger partial charge in [-0.2, -0.15) is 0 Å². The van der Waals surface area contributed by atoms with E-state index in [0.29, 0.717) is 6.54 Å². The number of nitrogens with two attached hydrogens (primary N) is 1. The fourth-order valence-electron chi connectivity index (χ4n) is 1.75. The Morgan fingerprint density at radius 1 is 1.27 bits per heavy atom. The van der Waals surface area contributed by atoms with Crippen LogP contribution in [0.3, 0.4) is 0 Å². The second kappa shape index (κ2) is 4.55. The molecule has 0 aromatic carbocycles. The van der Waals surface area contributed by atoms with Gasteiger partial charge in [0.25, 0.3) is 0 Å². The first-order valence-electron chi connectivity index (χ1n) is 4.69. The Morgan fingerprint density at radius 3 is 2.45 bits per heavy atom. The summed E-state index contributed by atoms with van der Waals surface area (Å²) in [5.41, 5.74) is 5.39. The lowest BCUT2D eigenvalue weighted by Crippen LogP contribution is -2.10. The smallest absolute Gasteiger partial charge is 0.0106 e. The summed E-state index contributed by atoms with van der Waals surface area (Å²) in [6.07, 6.45) is 9.95. The van der Waals surface area contributed by atoms with Crippen molar-refractivity contribution >= 4 is 0 Å². The van der Waals surface area contributed by atoms with E-state index in [0.717, 1.165) is 11.8 Å². The van der Waals surface area contributed by atoms with Crippen LogP contribution in [0.4, 0.5) is 0 Å². The molecule has 0 radical (unpaired) electrons. The van der Waals surface area contributed by atoms with Crippen molar-refractivity contribution in [3.63, 3.8) is 0 Å². The number of hydrogen-bond donors (Lipinski definition) is 1. The third kappa shape index (κ3) is 3.06. The first-order chi connectivity index (χ1) is 5.33. The Morgan fingerprint density at radius 2 is 1.91 bits per heavy atom. The van der Waals surface area contributed by atoms with Gasteiger partial charge in [0.05, 0.1) is 0 Å². The lowest BCUT2D eigenvalue weighted by atomic mass is 9.83. The summed E-state index contributed by atoms with van der Waals surface area (Å²) in [7, 11) is 0. The molecule has 1 saturated carbocycles. The van der Waals surface area contributed by atoms with E-state index in [1.165, 1.54) is 25.7 Å². The molecule has 0 aromatic rings. The minimum absolute atomic E-state index is 0.700. The Kier molecular flexibility index (Phi) is 3.64. The molecule has 0 bridgehead atoms. The van der Waals surface area contributed by atoms with Crippen LogP contribution >= 0.6 is 0 Å². The Hall–Kier alpha value is -0.300. The summed E-state index contributed by atoms with van der Waals surface area (Å²) in [4.78, 5) is 0. The maximum atomic E-state index is 5.39. The van der Waals surface area contributed by atoms with Crippen LogP contribution in [0.1, 0.15) is 32.6 Å². The van der Waals surface area contributed by atoms with E-state index in [1.54, 1.807) is 0 Å². The van der Waals surface area contributed by atoms with Gasteiger partial charge in [0, 0.05) is 6.54 Å². The van der Waals surface area contributed by atoms with Gasteiger partial charge < -0.3 is 5.73 Å². The summed E-state index contributed by atoms with van der Waals surface area (Å²) in [6, 6.07) is 0. The minimum Gasteiger partial charge on any atom is -0.327 e. The average molecular weight is 153 g/mol. The zero-order valence-electron chi connectivity index (χ0n) is 7.42. The van der Waals surface area contributed by atoms with Gasteiger partial charge >= 0.3 is 0 Å².